The second-order valence-corrected chi connectivity index (χ2v) is 9.82. The van der Waals surface area contributed by atoms with E-state index in [-0.39, 0.29) is 12.4 Å². The summed E-state index contributed by atoms with van der Waals surface area (Å²) in [6.07, 6.45) is 7.36. The molecule has 9 nitrogen and oxygen atoms in total. The number of aliphatic hydroxyl groups is 1. The summed E-state index contributed by atoms with van der Waals surface area (Å²) in [5.74, 6) is 0.411. The minimum atomic E-state index is -1.12. The molecule has 1 unspecified atom stereocenters. The number of nitrogens with zero attached hydrogens (tertiary/aromatic N) is 2. The van der Waals surface area contributed by atoms with Crippen molar-refractivity contribution in [3.05, 3.63) is 78.3 Å². The maximum absolute atomic E-state index is 13.8. The molecule has 0 radical (unpaired) electrons. The molecule has 0 bridgehead atoms. The number of carbonyl (C=O) groups excluding carboxylic acids is 1. The van der Waals surface area contributed by atoms with Gasteiger partial charge >= 0.3 is 0 Å². The molecule has 0 saturated carbocycles. The second kappa shape index (κ2) is 17.9. The highest BCUT2D eigenvalue weighted by atomic mass is 16.5. The third-order valence-electron chi connectivity index (χ3n) is 6.97. The summed E-state index contributed by atoms with van der Waals surface area (Å²) in [4.78, 5) is 26.0. The van der Waals surface area contributed by atoms with Gasteiger partial charge in [-0.2, -0.15) is 0 Å². The van der Waals surface area contributed by atoms with Gasteiger partial charge in [-0.15, -0.1) is 0 Å². The number of carboxylic acid groups (broad SMARTS) is 1. The fourth-order valence-electron chi connectivity index (χ4n) is 4.73. The second-order valence-electron chi connectivity index (χ2n) is 9.82. The van der Waals surface area contributed by atoms with Gasteiger partial charge in [-0.05, 0) is 42.7 Å². The molecular weight excluding hydrogens is 524 g/mol. The largest absolute Gasteiger partial charge is 0.493 e. The van der Waals surface area contributed by atoms with Crippen molar-refractivity contribution in [2.75, 3.05) is 46.0 Å². The highest BCUT2D eigenvalue weighted by molar-refractivity contribution is 5.95. The summed E-state index contributed by atoms with van der Waals surface area (Å²) in [7, 11) is 0. The third-order valence-corrected chi connectivity index (χ3v) is 6.97. The Morgan fingerprint density at radius 1 is 1.02 bits per heavy atom. The Morgan fingerprint density at radius 3 is 2.44 bits per heavy atom. The SMILES string of the molecule is CCCCCCOc1ccccc1C(O)N(CCCN1CCOCC1)C(=O)c1ccc(-c2ccoc2)cc1.O=CO. The van der Waals surface area contributed by atoms with E-state index in [0.717, 1.165) is 63.2 Å². The predicted octanol–water partition coefficient (Wildman–Crippen LogP) is 5.46. The Morgan fingerprint density at radius 2 is 1.76 bits per heavy atom. The molecule has 4 rings (SSSR count). The van der Waals surface area contributed by atoms with E-state index in [1.165, 1.54) is 12.8 Å². The summed E-state index contributed by atoms with van der Waals surface area (Å²) in [5.41, 5.74) is 3.06. The predicted molar refractivity (Wildman–Crippen MR) is 157 cm³/mol. The van der Waals surface area contributed by atoms with Crippen LogP contribution in [0.4, 0.5) is 0 Å². The van der Waals surface area contributed by atoms with Crippen LogP contribution in [0.5, 0.6) is 5.75 Å². The van der Waals surface area contributed by atoms with Crippen LogP contribution >= 0.6 is 0 Å². The first-order valence-electron chi connectivity index (χ1n) is 14.3. The Labute approximate surface area is 242 Å². The van der Waals surface area contributed by atoms with Crippen LogP contribution < -0.4 is 4.74 Å². The first-order valence-corrected chi connectivity index (χ1v) is 14.3. The molecule has 41 heavy (non-hydrogen) atoms. The smallest absolute Gasteiger partial charge is 0.290 e. The monoisotopic (exact) mass is 566 g/mol. The first kappa shape index (κ1) is 31.9. The Balaban J connectivity index is 0.00000147. The molecule has 1 fully saturated rings. The number of para-hydroxylation sites is 1. The van der Waals surface area contributed by atoms with E-state index in [1.807, 2.05) is 54.6 Å². The molecule has 1 atom stereocenters. The van der Waals surface area contributed by atoms with Gasteiger partial charge in [0.05, 0.1) is 32.3 Å². The number of benzene rings is 2. The van der Waals surface area contributed by atoms with Crippen LogP contribution in [-0.4, -0.2) is 78.4 Å². The quantitative estimate of drug-likeness (QED) is 0.150. The van der Waals surface area contributed by atoms with E-state index in [9.17, 15) is 9.90 Å². The molecule has 222 valence electrons. The minimum Gasteiger partial charge on any atom is -0.493 e. The summed E-state index contributed by atoms with van der Waals surface area (Å²) in [6, 6.07) is 16.8. The van der Waals surface area contributed by atoms with Gasteiger partial charge in [0.15, 0.2) is 6.23 Å². The lowest BCUT2D eigenvalue weighted by molar-refractivity contribution is -0.122. The zero-order chi connectivity index (χ0) is 29.3. The number of furan rings is 1. The number of ether oxygens (including phenoxy) is 2. The Hall–Kier alpha value is -3.66. The van der Waals surface area contributed by atoms with Crippen LogP contribution in [0.3, 0.4) is 0 Å². The molecule has 1 aromatic heterocycles. The fraction of sp³-hybridized carbons (Fsp3) is 0.438. The summed E-state index contributed by atoms with van der Waals surface area (Å²) in [6.45, 7) is 7.03. The van der Waals surface area contributed by atoms with Gasteiger partial charge in [0, 0.05) is 42.9 Å². The number of hydrogen-bond acceptors (Lipinski definition) is 7. The van der Waals surface area contributed by atoms with Crippen molar-refractivity contribution < 1.29 is 33.7 Å². The van der Waals surface area contributed by atoms with E-state index < -0.39 is 6.23 Å². The topological polar surface area (TPSA) is 113 Å². The lowest BCUT2D eigenvalue weighted by Gasteiger charge is -2.31. The Kier molecular flexibility index (Phi) is 13.9. The maximum atomic E-state index is 13.8. The summed E-state index contributed by atoms with van der Waals surface area (Å²) < 4.78 is 16.7. The molecule has 1 aliphatic rings. The number of hydrogen-bond donors (Lipinski definition) is 2. The van der Waals surface area contributed by atoms with Crippen molar-refractivity contribution >= 4 is 12.4 Å². The zero-order valence-electron chi connectivity index (χ0n) is 23.8. The van der Waals surface area contributed by atoms with E-state index in [4.69, 9.17) is 23.8 Å². The van der Waals surface area contributed by atoms with Gasteiger partial charge < -0.3 is 29.0 Å². The number of unbranched alkanes of at least 4 members (excludes halogenated alkanes) is 3. The molecular formula is C32H42N2O7. The number of carbonyl (C=O) groups is 2. The van der Waals surface area contributed by atoms with E-state index in [2.05, 4.69) is 11.8 Å². The fourth-order valence-corrected chi connectivity index (χ4v) is 4.73. The molecule has 2 N–H and O–H groups in total. The van der Waals surface area contributed by atoms with Crippen molar-refractivity contribution in [3.8, 4) is 16.9 Å². The van der Waals surface area contributed by atoms with Crippen LogP contribution in [0.15, 0.2) is 71.5 Å². The molecule has 1 aliphatic heterocycles. The standard InChI is InChI=1S/C31H40N2O5.CH2O2/c1-2-3-4-7-20-38-29-10-6-5-9-28(29)31(35)33(17-8-16-32-18-22-36-23-19-32)30(34)26-13-11-25(12-14-26)27-15-21-37-24-27;2-1-3/h5-6,9-15,21,24,31,35H,2-4,7-8,16-20,22-23H2,1H3;1H,(H,2,3). The molecule has 0 spiro atoms. The van der Waals surface area contributed by atoms with Crippen LogP contribution in [0.1, 0.15) is 61.2 Å². The molecule has 9 heteroatoms. The van der Waals surface area contributed by atoms with Gasteiger partial charge in [-0.1, -0.05) is 56.5 Å². The zero-order valence-corrected chi connectivity index (χ0v) is 23.8. The van der Waals surface area contributed by atoms with Crippen LogP contribution in [0.2, 0.25) is 0 Å². The molecule has 1 saturated heterocycles. The molecule has 2 aromatic carbocycles. The van der Waals surface area contributed by atoms with Crippen LogP contribution in [-0.2, 0) is 9.53 Å². The molecule has 2 heterocycles. The van der Waals surface area contributed by atoms with Crippen molar-refractivity contribution in [1.82, 2.24) is 9.80 Å². The summed E-state index contributed by atoms with van der Waals surface area (Å²) in [5, 5.41) is 18.4. The number of morpholine rings is 1. The average molecular weight is 567 g/mol. The molecule has 1 amide bonds. The van der Waals surface area contributed by atoms with Crippen molar-refractivity contribution in [2.24, 2.45) is 0 Å². The average Bonchev–Trinajstić information content (AvgIpc) is 3.55. The van der Waals surface area contributed by atoms with Crippen LogP contribution in [0.25, 0.3) is 11.1 Å². The summed E-state index contributed by atoms with van der Waals surface area (Å²) >= 11 is 0. The van der Waals surface area contributed by atoms with E-state index >= 15 is 0 Å². The first-order chi connectivity index (χ1) is 20.1. The van der Waals surface area contributed by atoms with Gasteiger partial charge in [-0.3, -0.25) is 14.5 Å². The minimum absolute atomic E-state index is 0.212. The van der Waals surface area contributed by atoms with Crippen molar-refractivity contribution in [3.63, 3.8) is 0 Å². The van der Waals surface area contributed by atoms with Crippen molar-refractivity contribution in [1.29, 1.82) is 0 Å². The molecule has 3 aromatic rings. The van der Waals surface area contributed by atoms with E-state index in [0.29, 0.717) is 30.0 Å². The third kappa shape index (κ3) is 10.0. The highest BCUT2D eigenvalue weighted by Crippen LogP contribution is 2.30. The van der Waals surface area contributed by atoms with Crippen molar-refractivity contribution in [2.45, 2.75) is 45.3 Å². The van der Waals surface area contributed by atoms with Gasteiger partial charge in [0.25, 0.3) is 12.4 Å². The number of amides is 1. The van der Waals surface area contributed by atoms with Gasteiger partial charge in [-0.25, -0.2) is 0 Å². The highest BCUT2D eigenvalue weighted by Gasteiger charge is 2.27. The van der Waals surface area contributed by atoms with Crippen LogP contribution in [0, 0.1) is 0 Å². The lowest BCUT2D eigenvalue weighted by Crippen LogP contribution is -2.40. The maximum Gasteiger partial charge on any atom is 0.290 e. The molecule has 0 aliphatic carbocycles. The van der Waals surface area contributed by atoms with E-state index in [1.54, 1.807) is 17.4 Å². The normalized spacial score (nSPS) is 14.0. The lowest BCUT2D eigenvalue weighted by atomic mass is 10.1. The Bertz CT molecular complexity index is 1150. The van der Waals surface area contributed by atoms with Gasteiger partial charge in [0.1, 0.15) is 5.75 Å². The number of rotatable bonds is 14. The number of aliphatic hydroxyl groups excluding tert-OH is 1. The van der Waals surface area contributed by atoms with Gasteiger partial charge in [0.2, 0.25) is 0 Å².